The Morgan fingerprint density at radius 2 is 1.89 bits per heavy atom. The number of amides is 2. The molecule has 0 spiro atoms. The van der Waals surface area contributed by atoms with Crippen molar-refractivity contribution in [3.05, 3.63) is 12.7 Å². The van der Waals surface area contributed by atoms with Crippen LogP contribution in [-0.4, -0.2) is 41.1 Å². The Morgan fingerprint density at radius 3 is 2.21 bits per heavy atom. The third kappa shape index (κ3) is 4.58. The average molecular weight is 270 g/mol. The predicted molar refractivity (Wildman–Crippen MR) is 76.1 cm³/mol. The minimum atomic E-state index is -0.882. The van der Waals surface area contributed by atoms with Crippen LogP contribution >= 0.6 is 0 Å². The molecule has 0 aliphatic rings. The Hall–Kier alpha value is -1.52. The third-order valence-corrected chi connectivity index (χ3v) is 3.60. The van der Waals surface area contributed by atoms with Crippen LogP contribution < -0.4 is 5.32 Å². The van der Waals surface area contributed by atoms with Crippen molar-refractivity contribution in [1.82, 2.24) is 10.2 Å². The number of carboxylic acid groups (broad SMARTS) is 1. The summed E-state index contributed by atoms with van der Waals surface area (Å²) in [7, 11) is 0. The number of rotatable bonds is 8. The molecule has 2 N–H and O–H groups in total. The van der Waals surface area contributed by atoms with Crippen LogP contribution in [0.1, 0.15) is 40.5 Å². The number of nitrogens with zero attached hydrogens (tertiary/aromatic N) is 1. The number of hydrogen-bond acceptors (Lipinski definition) is 2. The SMILES string of the molecule is C=CCN(C(=O)NCC(CC)(CC)C(=O)O)C(C)C. The molecule has 19 heavy (non-hydrogen) atoms. The van der Waals surface area contributed by atoms with Crippen molar-refractivity contribution in [3.63, 3.8) is 0 Å². The average Bonchev–Trinajstić information content (AvgIpc) is 2.36. The summed E-state index contributed by atoms with van der Waals surface area (Å²) in [6.45, 7) is 11.7. The highest BCUT2D eigenvalue weighted by Gasteiger charge is 2.35. The van der Waals surface area contributed by atoms with Crippen LogP contribution in [0.4, 0.5) is 4.79 Å². The van der Waals surface area contributed by atoms with Crippen LogP contribution in [0.2, 0.25) is 0 Å². The first kappa shape index (κ1) is 17.5. The molecular weight excluding hydrogens is 244 g/mol. The van der Waals surface area contributed by atoms with E-state index in [1.165, 1.54) is 0 Å². The Labute approximate surface area is 115 Å². The van der Waals surface area contributed by atoms with E-state index in [2.05, 4.69) is 11.9 Å². The van der Waals surface area contributed by atoms with Crippen LogP contribution in [0.3, 0.4) is 0 Å². The van der Waals surface area contributed by atoms with E-state index in [1.807, 2.05) is 27.7 Å². The largest absolute Gasteiger partial charge is 0.481 e. The Morgan fingerprint density at radius 1 is 1.37 bits per heavy atom. The summed E-state index contributed by atoms with van der Waals surface area (Å²) in [6, 6.07) is -0.206. The standard InChI is InChI=1S/C14H26N2O3/c1-6-9-16(11(4)5)13(19)15-10-14(7-2,8-3)12(17)18/h6,11H,1,7-10H2,2-5H3,(H,15,19)(H,17,18). The molecule has 0 saturated heterocycles. The molecule has 5 heteroatoms. The minimum Gasteiger partial charge on any atom is -0.481 e. The minimum absolute atomic E-state index is 0.0421. The van der Waals surface area contributed by atoms with Gasteiger partial charge in [0.15, 0.2) is 0 Å². The number of carboxylic acids is 1. The molecule has 0 radical (unpaired) electrons. The van der Waals surface area contributed by atoms with Crippen LogP contribution in [0, 0.1) is 5.41 Å². The lowest BCUT2D eigenvalue weighted by Gasteiger charge is -2.30. The van der Waals surface area contributed by atoms with Crippen LogP contribution in [-0.2, 0) is 4.79 Å². The summed E-state index contributed by atoms with van der Waals surface area (Å²) in [4.78, 5) is 25.0. The molecule has 0 heterocycles. The summed E-state index contributed by atoms with van der Waals surface area (Å²) in [6.07, 6.45) is 2.63. The Kier molecular flexibility index (Phi) is 7.19. The molecule has 0 rings (SSSR count). The maximum atomic E-state index is 12.0. The molecular formula is C14H26N2O3. The summed E-state index contributed by atoms with van der Waals surface area (Å²) < 4.78 is 0. The van der Waals surface area contributed by atoms with Gasteiger partial charge in [-0.25, -0.2) is 4.79 Å². The van der Waals surface area contributed by atoms with Gasteiger partial charge in [-0.2, -0.15) is 0 Å². The second-order valence-electron chi connectivity index (χ2n) is 4.99. The van der Waals surface area contributed by atoms with Crippen LogP contribution in [0.5, 0.6) is 0 Å². The first-order chi connectivity index (χ1) is 8.84. The summed E-state index contributed by atoms with van der Waals surface area (Å²) in [5, 5.41) is 12.0. The van der Waals surface area contributed by atoms with Crippen molar-refractivity contribution in [3.8, 4) is 0 Å². The summed E-state index contributed by atoms with van der Waals surface area (Å²) >= 11 is 0. The lowest BCUT2D eigenvalue weighted by molar-refractivity contribution is -0.149. The molecule has 110 valence electrons. The second kappa shape index (κ2) is 7.81. The Bertz CT molecular complexity index is 323. The van der Waals surface area contributed by atoms with E-state index in [1.54, 1.807) is 11.0 Å². The first-order valence-electron chi connectivity index (χ1n) is 6.73. The van der Waals surface area contributed by atoms with Gasteiger partial charge in [-0.1, -0.05) is 19.9 Å². The molecule has 0 aromatic rings. The highest BCUT2D eigenvalue weighted by atomic mass is 16.4. The van der Waals surface area contributed by atoms with E-state index in [0.29, 0.717) is 19.4 Å². The number of urea groups is 1. The lowest BCUT2D eigenvalue weighted by atomic mass is 9.82. The molecule has 2 amide bonds. The highest BCUT2D eigenvalue weighted by Crippen LogP contribution is 2.25. The molecule has 0 bridgehead atoms. The molecule has 0 aromatic carbocycles. The zero-order valence-electron chi connectivity index (χ0n) is 12.4. The first-order valence-corrected chi connectivity index (χ1v) is 6.73. The van der Waals surface area contributed by atoms with Gasteiger partial charge >= 0.3 is 12.0 Å². The molecule has 0 aliphatic heterocycles. The number of carbonyl (C=O) groups excluding carboxylic acids is 1. The number of carbonyl (C=O) groups is 2. The van der Waals surface area contributed by atoms with Crippen molar-refractivity contribution in [2.45, 2.75) is 46.6 Å². The normalized spacial score (nSPS) is 11.2. The summed E-state index contributed by atoms with van der Waals surface area (Å²) in [5.41, 5.74) is -0.882. The molecule has 0 unspecified atom stereocenters. The molecule has 5 nitrogen and oxygen atoms in total. The van der Waals surface area contributed by atoms with E-state index in [9.17, 15) is 14.7 Å². The van der Waals surface area contributed by atoms with E-state index in [0.717, 1.165) is 0 Å². The second-order valence-corrected chi connectivity index (χ2v) is 4.99. The van der Waals surface area contributed by atoms with Gasteiger partial charge in [0.25, 0.3) is 0 Å². The van der Waals surface area contributed by atoms with Crippen molar-refractivity contribution < 1.29 is 14.7 Å². The topological polar surface area (TPSA) is 69.6 Å². The van der Waals surface area contributed by atoms with Gasteiger partial charge in [-0.3, -0.25) is 4.79 Å². The van der Waals surface area contributed by atoms with Gasteiger partial charge in [-0.15, -0.1) is 6.58 Å². The van der Waals surface area contributed by atoms with Crippen molar-refractivity contribution in [1.29, 1.82) is 0 Å². The van der Waals surface area contributed by atoms with Gasteiger partial charge in [0.05, 0.1) is 5.41 Å². The van der Waals surface area contributed by atoms with Gasteiger partial charge in [0.2, 0.25) is 0 Å². The number of nitrogens with one attached hydrogen (secondary N) is 1. The van der Waals surface area contributed by atoms with E-state index in [4.69, 9.17) is 0 Å². The Balaban J connectivity index is 4.71. The van der Waals surface area contributed by atoms with Crippen molar-refractivity contribution in [2.24, 2.45) is 5.41 Å². The van der Waals surface area contributed by atoms with Crippen molar-refractivity contribution in [2.75, 3.05) is 13.1 Å². The third-order valence-electron chi connectivity index (χ3n) is 3.60. The van der Waals surface area contributed by atoms with Gasteiger partial charge in [0, 0.05) is 19.1 Å². The zero-order valence-corrected chi connectivity index (χ0v) is 12.4. The van der Waals surface area contributed by atoms with E-state index in [-0.39, 0.29) is 18.6 Å². The van der Waals surface area contributed by atoms with E-state index >= 15 is 0 Å². The molecule has 0 aliphatic carbocycles. The fourth-order valence-electron chi connectivity index (χ4n) is 1.89. The molecule has 0 aromatic heterocycles. The lowest BCUT2D eigenvalue weighted by Crippen LogP contribution is -2.49. The van der Waals surface area contributed by atoms with Crippen molar-refractivity contribution >= 4 is 12.0 Å². The zero-order chi connectivity index (χ0) is 15.1. The van der Waals surface area contributed by atoms with Gasteiger partial charge < -0.3 is 15.3 Å². The highest BCUT2D eigenvalue weighted by molar-refractivity contribution is 5.78. The maximum absolute atomic E-state index is 12.0. The summed E-state index contributed by atoms with van der Waals surface area (Å²) in [5.74, 6) is -0.863. The molecule has 0 fully saturated rings. The smallest absolute Gasteiger partial charge is 0.317 e. The predicted octanol–water partition coefficient (Wildman–Crippen LogP) is 2.48. The van der Waals surface area contributed by atoms with Gasteiger partial charge in [-0.05, 0) is 26.7 Å². The fraction of sp³-hybridized carbons (Fsp3) is 0.714. The monoisotopic (exact) mass is 270 g/mol. The van der Waals surface area contributed by atoms with Gasteiger partial charge in [0.1, 0.15) is 0 Å². The molecule has 0 saturated carbocycles. The number of aliphatic carboxylic acids is 1. The van der Waals surface area contributed by atoms with Crippen LogP contribution in [0.25, 0.3) is 0 Å². The maximum Gasteiger partial charge on any atom is 0.317 e. The van der Waals surface area contributed by atoms with E-state index < -0.39 is 11.4 Å². The molecule has 0 atom stereocenters. The quantitative estimate of drug-likeness (QED) is 0.666. The fourth-order valence-corrected chi connectivity index (χ4v) is 1.89. The number of hydrogen-bond donors (Lipinski definition) is 2. The van der Waals surface area contributed by atoms with Crippen LogP contribution in [0.15, 0.2) is 12.7 Å².